The molecular formula is C37H42FN3O4S. The van der Waals surface area contributed by atoms with Gasteiger partial charge in [0.1, 0.15) is 18.4 Å². The van der Waals surface area contributed by atoms with Crippen LogP contribution in [0, 0.1) is 26.6 Å². The second kappa shape index (κ2) is 15.2. The summed E-state index contributed by atoms with van der Waals surface area (Å²) in [6.45, 7) is 8.47. The highest BCUT2D eigenvalue weighted by Gasteiger charge is 2.35. The molecule has 0 aliphatic rings. The van der Waals surface area contributed by atoms with E-state index < -0.39 is 40.2 Å². The Hall–Kier alpha value is -4.50. The Morgan fingerprint density at radius 1 is 0.848 bits per heavy atom. The van der Waals surface area contributed by atoms with Crippen molar-refractivity contribution in [3.8, 4) is 0 Å². The molecule has 4 aromatic rings. The van der Waals surface area contributed by atoms with Crippen molar-refractivity contribution >= 4 is 27.5 Å². The highest BCUT2D eigenvalue weighted by molar-refractivity contribution is 7.92. The average Bonchev–Trinajstić information content (AvgIpc) is 3.04. The van der Waals surface area contributed by atoms with Crippen molar-refractivity contribution in [1.29, 1.82) is 0 Å². The van der Waals surface area contributed by atoms with Crippen molar-refractivity contribution in [1.82, 2.24) is 10.2 Å². The van der Waals surface area contributed by atoms with Gasteiger partial charge in [-0.2, -0.15) is 0 Å². The van der Waals surface area contributed by atoms with E-state index in [1.807, 2.05) is 70.2 Å². The van der Waals surface area contributed by atoms with Gasteiger partial charge in [0.25, 0.3) is 10.0 Å². The van der Waals surface area contributed by atoms with E-state index in [-0.39, 0.29) is 29.5 Å². The lowest BCUT2D eigenvalue weighted by Gasteiger charge is -2.34. The van der Waals surface area contributed by atoms with E-state index in [1.54, 1.807) is 43.3 Å². The van der Waals surface area contributed by atoms with E-state index in [1.165, 1.54) is 23.1 Å². The van der Waals surface area contributed by atoms with Crippen molar-refractivity contribution in [2.24, 2.45) is 0 Å². The van der Waals surface area contributed by atoms with Gasteiger partial charge >= 0.3 is 0 Å². The molecule has 0 spiro atoms. The Morgan fingerprint density at radius 3 is 2.13 bits per heavy atom. The van der Waals surface area contributed by atoms with Gasteiger partial charge in [0.15, 0.2) is 0 Å². The van der Waals surface area contributed by atoms with Gasteiger partial charge in [-0.25, -0.2) is 12.8 Å². The normalized spacial score (nSPS) is 12.7. The molecule has 7 nitrogen and oxygen atoms in total. The Morgan fingerprint density at radius 2 is 1.48 bits per heavy atom. The number of benzene rings is 4. The molecule has 1 N–H and O–H groups in total. The summed E-state index contributed by atoms with van der Waals surface area (Å²) in [5.41, 5.74) is 3.73. The molecule has 0 aromatic heterocycles. The van der Waals surface area contributed by atoms with Crippen LogP contribution >= 0.6 is 0 Å². The summed E-state index contributed by atoms with van der Waals surface area (Å²) >= 11 is 0. The first-order valence-corrected chi connectivity index (χ1v) is 16.9. The molecule has 0 aliphatic heterocycles. The number of halogens is 1. The number of aryl methyl sites for hydroxylation is 3. The molecule has 0 heterocycles. The number of carbonyl (C=O) groups excluding carboxylic acids is 2. The first-order chi connectivity index (χ1) is 21.9. The van der Waals surface area contributed by atoms with Crippen LogP contribution in [-0.4, -0.2) is 43.8 Å². The summed E-state index contributed by atoms with van der Waals surface area (Å²) in [7, 11) is -4.24. The lowest BCUT2D eigenvalue weighted by atomic mass is 10.0. The van der Waals surface area contributed by atoms with Gasteiger partial charge in [-0.15, -0.1) is 0 Å². The van der Waals surface area contributed by atoms with Crippen LogP contribution in [0.1, 0.15) is 48.1 Å². The number of hydrogen-bond acceptors (Lipinski definition) is 4. The van der Waals surface area contributed by atoms with E-state index in [4.69, 9.17) is 0 Å². The number of sulfonamides is 1. The molecule has 0 saturated carbocycles. The van der Waals surface area contributed by atoms with Crippen molar-refractivity contribution in [3.63, 3.8) is 0 Å². The summed E-state index contributed by atoms with van der Waals surface area (Å²) in [4.78, 5) is 29.8. The SMILES string of the molecule is CC[C@H](C)NC(=O)[C@@H](Cc1ccccc1)N(Cc1ccccc1F)C(=O)CN(c1cc(C)ccc1C)S(=O)(=O)c1ccc(C)cc1. The molecule has 0 unspecified atom stereocenters. The summed E-state index contributed by atoms with van der Waals surface area (Å²) in [5.74, 6) is -1.57. The number of hydrogen-bond donors (Lipinski definition) is 1. The second-order valence-electron chi connectivity index (χ2n) is 11.8. The van der Waals surface area contributed by atoms with Crippen LogP contribution in [0.25, 0.3) is 0 Å². The Balaban J connectivity index is 1.85. The van der Waals surface area contributed by atoms with Crippen molar-refractivity contribution in [2.75, 3.05) is 10.8 Å². The maximum atomic E-state index is 15.1. The van der Waals surface area contributed by atoms with Crippen LogP contribution in [0.15, 0.2) is 102 Å². The molecule has 0 radical (unpaired) electrons. The number of anilines is 1. The molecule has 46 heavy (non-hydrogen) atoms. The molecule has 4 rings (SSSR count). The highest BCUT2D eigenvalue weighted by Crippen LogP contribution is 2.29. The van der Waals surface area contributed by atoms with Gasteiger partial charge in [-0.1, -0.05) is 85.3 Å². The zero-order valence-electron chi connectivity index (χ0n) is 27.0. The van der Waals surface area contributed by atoms with E-state index in [0.717, 1.165) is 21.0 Å². The zero-order valence-corrected chi connectivity index (χ0v) is 27.9. The molecule has 0 saturated heterocycles. The maximum Gasteiger partial charge on any atom is 0.264 e. The second-order valence-corrected chi connectivity index (χ2v) is 13.6. The fourth-order valence-electron chi connectivity index (χ4n) is 5.14. The first kappa shape index (κ1) is 34.4. The third-order valence-corrected chi connectivity index (χ3v) is 9.87. The minimum absolute atomic E-state index is 0.0304. The number of amides is 2. The van der Waals surface area contributed by atoms with Gasteiger partial charge in [0, 0.05) is 24.6 Å². The largest absolute Gasteiger partial charge is 0.352 e. The van der Waals surface area contributed by atoms with Gasteiger partial charge in [0.05, 0.1) is 10.6 Å². The van der Waals surface area contributed by atoms with Crippen LogP contribution in [0.5, 0.6) is 0 Å². The molecule has 2 amide bonds. The monoisotopic (exact) mass is 643 g/mol. The quantitative estimate of drug-likeness (QED) is 0.180. The number of nitrogens with zero attached hydrogens (tertiary/aromatic N) is 2. The highest BCUT2D eigenvalue weighted by atomic mass is 32.2. The minimum Gasteiger partial charge on any atom is -0.352 e. The number of rotatable bonds is 13. The topological polar surface area (TPSA) is 86.8 Å². The number of nitrogens with one attached hydrogen (secondary N) is 1. The van der Waals surface area contributed by atoms with Crippen LogP contribution in [0.3, 0.4) is 0 Å². The lowest BCUT2D eigenvalue weighted by molar-refractivity contribution is -0.140. The predicted molar refractivity (Wildman–Crippen MR) is 180 cm³/mol. The third kappa shape index (κ3) is 8.40. The van der Waals surface area contributed by atoms with Gasteiger partial charge < -0.3 is 10.2 Å². The van der Waals surface area contributed by atoms with E-state index >= 15 is 4.39 Å². The van der Waals surface area contributed by atoms with E-state index in [2.05, 4.69) is 5.32 Å². The molecular weight excluding hydrogens is 601 g/mol. The van der Waals surface area contributed by atoms with Crippen LogP contribution in [0.4, 0.5) is 10.1 Å². The Bertz CT molecular complexity index is 1760. The predicted octanol–water partition coefficient (Wildman–Crippen LogP) is 6.50. The van der Waals surface area contributed by atoms with Crippen LogP contribution in [0.2, 0.25) is 0 Å². The zero-order chi connectivity index (χ0) is 33.4. The third-order valence-electron chi connectivity index (χ3n) is 8.09. The van der Waals surface area contributed by atoms with E-state index in [9.17, 15) is 18.0 Å². The fourth-order valence-corrected chi connectivity index (χ4v) is 6.61. The standard InChI is InChI=1S/C37H42FN3O4S/c1-6-29(5)39-37(43)35(23-30-12-8-7-9-13-30)40(24-31-14-10-11-15-33(31)38)36(42)25-41(34-22-27(3)16-19-28(34)4)46(44,45)32-20-17-26(2)18-21-32/h7-22,29,35H,6,23-25H2,1-5H3,(H,39,43)/t29-,35+/m0/s1. The van der Waals surface area contributed by atoms with Crippen molar-refractivity contribution in [3.05, 3.63) is 131 Å². The molecule has 0 fully saturated rings. The van der Waals surface area contributed by atoms with Crippen molar-refractivity contribution < 1.29 is 22.4 Å². The summed E-state index contributed by atoms with van der Waals surface area (Å²) in [6, 6.07) is 26.0. The summed E-state index contributed by atoms with van der Waals surface area (Å²) in [5, 5.41) is 2.99. The molecule has 242 valence electrons. The molecule has 0 bridgehead atoms. The van der Waals surface area contributed by atoms with Gasteiger partial charge in [-0.3, -0.25) is 13.9 Å². The Labute approximate surface area is 272 Å². The summed E-state index contributed by atoms with van der Waals surface area (Å²) < 4.78 is 44.7. The first-order valence-electron chi connectivity index (χ1n) is 15.4. The molecule has 4 aromatic carbocycles. The van der Waals surface area contributed by atoms with Gasteiger partial charge in [-0.05, 0) is 75.1 Å². The van der Waals surface area contributed by atoms with Gasteiger partial charge in [0.2, 0.25) is 11.8 Å². The Kier molecular flexibility index (Phi) is 11.4. The van der Waals surface area contributed by atoms with E-state index in [0.29, 0.717) is 17.7 Å². The summed E-state index contributed by atoms with van der Waals surface area (Å²) in [6.07, 6.45) is 0.817. The average molecular weight is 644 g/mol. The lowest BCUT2D eigenvalue weighted by Crippen LogP contribution is -2.54. The number of carbonyl (C=O) groups is 2. The smallest absolute Gasteiger partial charge is 0.264 e. The van der Waals surface area contributed by atoms with Crippen LogP contribution in [-0.2, 0) is 32.6 Å². The van der Waals surface area contributed by atoms with Crippen molar-refractivity contribution in [2.45, 2.75) is 71.0 Å². The van der Waals surface area contributed by atoms with Crippen LogP contribution < -0.4 is 9.62 Å². The fraction of sp³-hybridized carbons (Fsp3) is 0.297. The molecule has 2 atom stereocenters. The minimum atomic E-state index is -4.24. The maximum absolute atomic E-state index is 15.1. The molecule has 9 heteroatoms. The molecule has 0 aliphatic carbocycles.